The predicted octanol–water partition coefficient (Wildman–Crippen LogP) is 3.79. The van der Waals surface area contributed by atoms with Crippen LogP contribution in [0.15, 0.2) is 48.5 Å². The van der Waals surface area contributed by atoms with Crippen molar-refractivity contribution in [3.63, 3.8) is 0 Å². The zero-order chi connectivity index (χ0) is 26.5. The molecule has 0 bridgehead atoms. The van der Waals surface area contributed by atoms with E-state index in [1.807, 2.05) is 18.0 Å². The number of anilines is 1. The highest BCUT2D eigenvalue weighted by Gasteiger charge is 2.32. The van der Waals surface area contributed by atoms with E-state index in [0.29, 0.717) is 65.0 Å². The highest BCUT2D eigenvalue weighted by Crippen LogP contribution is 2.36. The molecule has 1 saturated heterocycles. The van der Waals surface area contributed by atoms with Gasteiger partial charge < -0.3 is 15.4 Å². The lowest BCUT2D eigenvalue weighted by Crippen LogP contribution is -2.39. The highest BCUT2D eigenvalue weighted by molar-refractivity contribution is 6.33. The number of primary amides is 1. The normalized spacial score (nSPS) is 13.8. The molecule has 2 aromatic carbocycles. The van der Waals surface area contributed by atoms with Gasteiger partial charge in [-0.25, -0.2) is 4.98 Å². The van der Waals surface area contributed by atoms with Crippen LogP contribution in [0.5, 0.6) is 0 Å². The molecule has 1 aromatic heterocycles. The van der Waals surface area contributed by atoms with Crippen LogP contribution in [-0.2, 0) is 14.3 Å². The Morgan fingerprint density at radius 2 is 1.81 bits per heavy atom. The van der Waals surface area contributed by atoms with Crippen molar-refractivity contribution in [1.82, 2.24) is 14.5 Å². The van der Waals surface area contributed by atoms with Crippen molar-refractivity contribution in [3.05, 3.63) is 64.3 Å². The molecule has 0 aliphatic carbocycles. The van der Waals surface area contributed by atoms with E-state index in [0.717, 1.165) is 17.7 Å². The Morgan fingerprint density at radius 1 is 1.14 bits per heavy atom. The lowest BCUT2D eigenvalue weighted by atomic mass is 10.00. The van der Waals surface area contributed by atoms with Gasteiger partial charge in [-0.3, -0.25) is 23.9 Å². The van der Waals surface area contributed by atoms with Gasteiger partial charge in [-0.15, -0.1) is 0 Å². The third-order valence-electron chi connectivity index (χ3n) is 6.21. The fourth-order valence-corrected chi connectivity index (χ4v) is 4.74. The maximum atomic E-state index is 13.8. The number of imidazole rings is 1. The van der Waals surface area contributed by atoms with Gasteiger partial charge in [0.15, 0.2) is 11.5 Å². The molecule has 11 heteroatoms. The lowest BCUT2D eigenvalue weighted by Gasteiger charge is -2.28. The molecule has 9 nitrogen and oxygen atoms in total. The largest absolute Gasteiger partial charge is 0.381 e. The number of amides is 3. The molecule has 1 aliphatic rings. The van der Waals surface area contributed by atoms with Crippen LogP contribution in [0.2, 0.25) is 10.0 Å². The predicted molar refractivity (Wildman–Crippen MR) is 142 cm³/mol. The zero-order valence-corrected chi connectivity index (χ0v) is 21.8. The summed E-state index contributed by atoms with van der Waals surface area (Å²) < 4.78 is 7.12. The van der Waals surface area contributed by atoms with Gasteiger partial charge in [-0.1, -0.05) is 35.3 Å². The van der Waals surface area contributed by atoms with E-state index in [4.69, 9.17) is 38.7 Å². The molecule has 1 aliphatic heterocycles. The summed E-state index contributed by atoms with van der Waals surface area (Å²) >= 11 is 12.7. The number of carbonyl (C=O) groups is 3. The molecular weight excluding hydrogens is 517 g/mol. The van der Waals surface area contributed by atoms with Crippen LogP contribution < -0.4 is 10.6 Å². The number of rotatable bonds is 9. The molecule has 0 spiro atoms. The zero-order valence-electron chi connectivity index (χ0n) is 20.3. The summed E-state index contributed by atoms with van der Waals surface area (Å²) in [6.07, 6.45) is 2.06. The molecular formula is C26H27Cl2N5O4. The quantitative estimate of drug-likeness (QED) is 0.411. The van der Waals surface area contributed by atoms with Gasteiger partial charge in [0.2, 0.25) is 12.3 Å². The Labute approximate surface area is 224 Å². The van der Waals surface area contributed by atoms with E-state index in [1.165, 1.54) is 0 Å². The standard InChI is InChI=1S/C26H27Cl2N5O4/c1-31(14-17-10-12-37-13-11-17)25-23(26(36)32(16-34)15-22(29)35)33(19-8-6-18(27)7-9-19)24(30-25)20-4-2-3-5-21(20)28/h2-9,16-17H,10-15H2,1H3,(H2,29,35). The van der Waals surface area contributed by atoms with Crippen molar-refractivity contribution in [2.24, 2.45) is 11.7 Å². The van der Waals surface area contributed by atoms with E-state index in [-0.39, 0.29) is 5.69 Å². The average molecular weight is 544 g/mol. The van der Waals surface area contributed by atoms with Crippen molar-refractivity contribution >= 4 is 47.2 Å². The summed E-state index contributed by atoms with van der Waals surface area (Å²) in [5, 5.41) is 0.945. The Morgan fingerprint density at radius 3 is 2.43 bits per heavy atom. The van der Waals surface area contributed by atoms with Crippen molar-refractivity contribution in [2.75, 3.05) is 38.3 Å². The van der Waals surface area contributed by atoms with E-state index >= 15 is 0 Å². The van der Waals surface area contributed by atoms with Crippen LogP contribution in [0.3, 0.4) is 0 Å². The Balaban J connectivity index is 1.95. The summed E-state index contributed by atoms with van der Waals surface area (Å²) in [6.45, 7) is 1.39. The molecule has 4 rings (SSSR count). The number of nitrogens with zero attached hydrogens (tertiary/aromatic N) is 4. The van der Waals surface area contributed by atoms with Crippen LogP contribution in [0.4, 0.5) is 5.82 Å². The van der Waals surface area contributed by atoms with Crippen molar-refractivity contribution in [1.29, 1.82) is 0 Å². The molecule has 37 heavy (non-hydrogen) atoms. The van der Waals surface area contributed by atoms with Gasteiger partial charge in [0.05, 0.1) is 5.02 Å². The molecule has 3 aromatic rings. The molecule has 0 unspecified atom stereocenters. The van der Waals surface area contributed by atoms with Crippen LogP contribution in [0.1, 0.15) is 23.3 Å². The fraction of sp³-hybridized carbons (Fsp3) is 0.308. The van der Waals surface area contributed by atoms with Crippen molar-refractivity contribution in [3.8, 4) is 17.1 Å². The second-order valence-corrected chi connectivity index (χ2v) is 9.68. The summed E-state index contributed by atoms with van der Waals surface area (Å²) in [5.41, 5.74) is 6.58. The minimum atomic E-state index is -0.818. The Kier molecular flexibility index (Phi) is 8.48. The first kappa shape index (κ1) is 26.7. The number of aromatic nitrogens is 2. The number of nitrogens with two attached hydrogens (primary N) is 1. The second-order valence-electron chi connectivity index (χ2n) is 8.84. The number of hydrogen-bond acceptors (Lipinski definition) is 6. The smallest absolute Gasteiger partial charge is 0.281 e. The molecule has 1 fully saturated rings. The van der Waals surface area contributed by atoms with Gasteiger partial charge in [0, 0.05) is 43.1 Å². The molecule has 3 amide bonds. The van der Waals surface area contributed by atoms with Crippen LogP contribution in [0, 0.1) is 5.92 Å². The maximum absolute atomic E-state index is 13.8. The number of ether oxygens (including phenoxy) is 1. The van der Waals surface area contributed by atoms with E-state index in [1.54, 1.807) is 47.0 Å². The number of benzene rings is 2. The van der Waals surface area contributed by atoms with E-state index < -0.39 is 18.4 Å². The number of hydrogen-bond donors (Lipinski definition) is 1. The van der Waals surface area contributed by atoms with Crippen LogP contribution >= 0.6 is 23.2 Å². The first-order valence-electron chi connectivity index (χ1n) is 11.8. The summed E-state index contributed by atoms with van der Waals surface area (Å²) in [4.78, 5) is 44.9. The number of carbonyl (C=O) groups excluding carboxylic acids is 3. The highest BCUT2D eigenvalue weighted by atomic mass is 35.5. The first-order valence-corrected chi connectivity index (χ1v) is 12.5. The Bertz CT molecular complexity index is 1290. The lowest BCUT2D eigenvalue weighted by molar-refractivity contribution is -0.124. The number of halogens is 2. The van der Waals surface area contributed by atoms with Gasteiger partial charge in [-0.05, 0) is 55.2 Å². The van der Waals surface area contributed by atoms with E-state index in [2.05, 4.69) is 0 Å². The minimum Gasteiger partial charge on any atom is -0.381 e. The molecule has 0 saturated carbocycles. The van der Waals surface area contributed by atoms with Gasteiger partial charge >= 0.3 is 0 Å². The van der Waals surface area contributed by atoms with E-state index in [9.17, 15) is 14.4 Å². The molecule has 2 N–H and O–H groups in total. The van der Waals surface area contributed by atoms with Crippen molar-refractivity contribution in [2.45, 2.75) is 12.8 Å². The third-order valence-corrected chi connectivity index (χ3v) is 6.79. The third kappa shape index (κ3) is 5.95. The monoisotopic (exact) mass is 543 g/mol. The molecule has 194 valence electrons. The maximum Gasteiger partial charge on any atom is 0.281 e. The second kappa shape index (κ2) is 11.8. The number of imide groups is 1. The first-order chi connectivity index (χ1) is 17.8. The molecule has 0 atom stereocenters. The van der Waals surface area contributed by atoms with Crippen molar-refractivity contribution < 1.29 is 19.1 Å². The van der Waals surface area contributed by atoms with Crippen LogP contribution in [0.25, 0.3) is 17.1 Å². The van der Waals surface area contributed by atoms with Crippen LogP contribution in [-0.4, -0.2) is 66.0 Å². The molecule has 0 radical (unpaired) electrons. The molecule has 2 heterocycles. The van der Waals surface area contributed by atoms with Gasteiger partial charge in [0.25, 0.3) is 5.91 Å². The Hall–Kier alpha value is -3.40. The van der Waals surface area contributed by atoms with Gasteiger partial charge in [-0.2, -0.15) is 0 Å². The summed E-state index contributed by atoms with van der Waals surface area (Å²) in [7, 11) is 1.84. The van der Waals surface area contributed by atoms with Gasteiger partial charge in [0.1, 0.15) is 12.4 Å². The SMILES string of the molecule is CN(CC1CCOCC1)c1nc(-c2ccccc2Cl)n(-c2ccc(Cl)cc2)c1C(=O)N(C=O)CC(N)=O. The average Bonchev–Trinajstić information content (AvgIpc) is 3.28. The summed E-state index contributed by atoms with van der Waals surface area (Å²) in [6, 6.07) is 14.0. The summed E-state index contributed by atoms with van der Waals surface area (Å²) in [5.74, 6) is -0.462. The minimum absolute atomic E-state index is 0.0974. The topological polar surface area (TPSA) is 111 Å². The fourth-order valence-electron chi connectivity index (χ4n) is 4.39.